The number of carboxylic acid groups (broad SMARTS) is 4. The fourth-order valence-electron chi connectivity index (χ4n) is 16.2. The SMILES string of the molecule is CC[C@H](C)[C@H](NC(=O)[C@@H](N)CC(=O)O)C(=O)N[C@@H](Cc1c[nH]c2ccccc12)C(=O)N[C@@H](Cc1c[nH]c2ccccc12)C(=O)N[C@@H](CC(=O)O)C(=O)N[C@@H](CC(=O)O)C(=O)N[C@@H](CCCCN)C(=O)N[C@@H](CCCCN)C(=O)N[C@@H](Cc1cnc[nH]1)C(=O)N[C@@H](Cc1ccc(O)cc1)C(=O)N[C@@H](CC(N)=O)C(=O)N1CCC[C@H]1C(=O)N[C@@H](CO)C(=O)N[C@@H](CC(C)C)C(=O)N[C@@H](CCCCN)C(=O)N[C@@H](CO)C(=O)O. The molecule has 0 spiro atoms. The number of amides is 16. The minimum absolute atomic E-state index is 0.0273. The van der Waals surface area contributed by atoms with Crippen LogP contribution in [0.4, 0.5) is 0 Å². The van der Waals surface area contributed by atoms with E-state index in [9.17, 15) is 108 Å². The number of carbonyl (C=O) groups is 20. The summed E-state index contributed by atoms with van der Waals surface area (Å²) in [5.41, 5.74) is 31.5. The number of nitrogens with one attached hydrogen (secondary N) is 17. The lowest BCUT2D eigenvalue weighted by atomic mass is 9.96. The molecule has 1 saturated heterocycles. The number of H-pyrrole nitrogens is 3. The van der Waals surface area contributed by atoms with E-state index in [-0.39, 0.29) is 133 Å². The molecule has 0 unspecified atom stereocenters. The van der Waals surface area contributed by atoms with E-state index in [0.29, 0.717) is 39.4 Å². The van der Waals surface area contributed by atoms with Crippen LogP contribution in [0.25, 0.3) is 21.8 Å². The van der Waals surface area contributed by atoms with Crippen molar-refractivity contribution in [2.24, 2.45) is 40.5 Å². The maximum atomic E-state index is 15.2. The molecule has 1 fully saturated rings. The number of aliphatic carboxylic acids is 4. The number of rotatable bonds is 64. The fourth-order valence-corrected chi connectivity index (χ4v) is 16.2. The van der Waals surface area contributed by atoms with Crippen LogP contribution in [-0.4, -0.2) is 315 Å². The van der Waals surface area contributed by atoms with Gasteiger partial charge in [0.2, 0.25) is 94.5 Å². The van der Waals surface area contributed by atoms with Crippen molar-refractivity contribution in [3.63, 3.8) is 0 Å². The van der Waals surface area contributed by atoms with E-state index in [4.69, 9.17) is 28.7 Å². The molecule has 51 heteroatoms. The number of benzene rings is 3. The molecule has 0 bridgehead atoms. The number of fused-ring (bicyclic) bond motifs is 2. The highest BCUT2D eigenvalue weighted by atomic mass is 16.4. The minimum Gasteiger partial charge on any atom is -0.508 e. The number of nitrogens with two attached hydrogens (primary N) is 5. The number of aliphatic hydroxyl groups excluding tert-OH is 2. The Balaban J connectivity index is 1.12. The van der Waals surface area contributed by atoms with Crippen LogP contribution in [0, 0.1) is 11.8 Å². The number of phenols is 1. The molecule has 16 amide bonds. The van der Waals surface area contributed by atoms with Gasteiger partial charge in [-0.15, -0.1) is 0 Å². The zero-order chi connectivity index (χ0) is 107. The van der Waals surface area contributed by atoms with Crippen molar-refractivity contribution < 1.29 is 132 Å². The minimum atomic E-state index is -2.22. The lowest BCUT2D eigenvalue weighted by Crippen LogP contribution is -2.62. The number of hydrogen-bond acceptors (Lipinski definition) is 28. The summed E-state index contributed by atoms with van der Waals surface area (Å²) >= 11 is 0. The van der Waals surface area contributed by atoms with Crippen molar-refractivity contribution in [1.29, 1.82) is 0 Å². The molecule has 3 aromatic heterocycles. The van der Waals surface area contributed by atoms with Gasteiger partial charge >= 0.3 is 23.9 Å². The number of para-hydroxylation sites is 2. The molecular formula is C94H134N24O27. The van der Waals surface area contributed by atoms with Gasteiger partial charge in [-0.3, -0.25) is 91.1 Å². The summed E-state index contributed by atoms with van der Waals surface area (Å²) < 4.78 is 0. The van der Waals surface area contributed by atoms with Crippen molar-refractivity contribution >= 4 is 140 Å². The zero-order valence-corrected chi connectivity index (χ0v) is 80.8. The first-order valence-electron chi connectivity index (χ1n) is 47.7. The number of aromatic nitrogens is 4. The lowest BCUT2D eigenvalue weighted by molar-refractivity contribution is -0.144. The quantitative estimate of drug-likeness (QED) is 0.0158. The summed E-state index contributed by atoms with van der Waals surface area (Å²) in [5, 5.41) is 106. The molecule has 792 valence electrons. The normalized spacial score (nSPS) is 15.7. The van der Waals surface area contributed by atoms with Gasteiger partial charge < -0.3 is 159 Å². The second kappa shape index (κ2) is 58.5. The number of carboxylic acids is 4. The van der Waals surface area contributed by atoms with Gasteiger partial charge in [-0.25, -0.2) is 9.78 Å². The molecule has 51 nitrogen and oxygen atoms in total. The van der Waals surface area contributed by atoms with Crippen LogP contribution >= 0.6 is 0 Å². The van der Waals surface area contributed by atoms with Crippen molar-refractivity contribution in [3.8, 4) is 5.75 Å². The number of carbonyl (C=O) groups excluding carboxylic acids is 16. The summed E-state index contributed by atoms with van der Waals surface area (Å²) in [5.74, 6) is -25.6. The number of primary amides is 1. The Kier molecular flexibility index (Phi) is 47.1. The third-order valence-corrected chi connectivity index (χ3v) is 24.2. The molecule has 0 saturated carbocycles. The Morgan fingerprint density at radius 2 is 0.821 bits per heavy atom. The summed E-state index contributed by atoms with van der Waals surface area (Å²) in [6.07, 6.45) is 0.455. The van der Waals surface area contributed by atoms with Crippen LogP contribution in [-0.2, 0) is 122 Å². The molecule has 17 atom stereocenters. The summed E-state index contributed by atoms with van der Waals surface area (Å²) in [6, 6.07) is -8.77. The number of nitrogens with zero attached hydrogens (tertiary/aromatic N) is 2. The van der Waals surface area contributed by atoms with Crippen LogP contribution in [0.2, 0.25) is 0 Å². The van der Waals surface area contributed by atoms with E-state index in [1.165, 1.54) is 43.0 Å². The van der Waals surface area contributed by atoms with Gasteiger partial charge in [-0.05, 0) is 149 Å². The molecule has 1 aliphatic rings. The van der Waals surface area contributed by atoms with E-state index >= 15 is 24.0 Å². The monoisotopic (exact) mass is 2030 g/mol. The Morgan fingerprint density at radius 3 is 1.24 bits per heavy atom. The number of hydrogen-bond donors (Lipinski definition) is 29. The van der Waals surface area contributed by atoms with Gasteiger partial charge in [-0.2, -0.15) is 0 Å². The Labute approximate surface area is 832 Å². The Morgan fingerprint density at radius 1 is 0.428 bits per heavy atom. The molecule has 3 aromatic carbocycles. The van der Waals surface area contributed by atoms with E-state index in [1.54, 1.807) is 82.4 Å². The van der Waals surface area contributed by atoms with E-state index < -0.39 is 279 Å². The van der Waals surface area contributed by atoms with Crippen LogP contribution in [0.15, 0.2) is 97.7 Å². The Hall–Kier alpha value is -15.1. The van der Waals surface area contributed by atoms with Gasteiger partial charge in [-0.1, -0.05) is 82.6 Å². The smallest absolute Gasteiger partial charge is 0.328 e. The van der Waals surface area contributed by atoms with Crippen LogP contribution in [0.5, 0.6) is 5.75 Å². The summed E-state index contributed by atoms with van der Waals surface area (Å²) in [7, 11) is 0. The Bertz CT molecular complexity index is 5460. The molecule has 0 aliphatic carbocycles. The molecular weight excluding hydrogens is 1900 g/mol. The van der Waals surface area contributed by atoms with Gasteiger partial charge in [0, 0.05) is 78.3 Å². The average Bonchev–Trinajstić information content (AvgIpc) is 1.69. The topological polar surface area (TPSA) is 845 Å². The summed E-state index contributed by atoms with van der Waals surface area (Å²) in [4.78, 5) is 294. The highest BCUT2D eigenvalue weighted by Crippen LogP contribution is 2.26. The molecule has 0 radical (unpaired) electrons. The van der Waals surface area contributed by atoms with Crippen molar-refractivity contribution in [2.75, 3.05) is 39.4 Å². The summed E-state index contributed by atoms with van der Waals surface area (Å²) in [6.45, 7) is 4.66. The maximum absolute atomic E-state index is 15.2. The lowest BCUT2D eigenvalue weighted by Gasteiger charge is -2.31. The van der Waals surface area contributed by atoms with E-state index in [1.807, 2.05) is 0 Å². The number of imidazole rings is 1. The highest BCUT2D eigenvalue weighted by Gasteiger charge is 2.44. The average molecular weight is 2030 g/mol. The van der Waals surface area contributed by atoms with Crippen LogP contribution in [0.1, 0.15) is 159 Å². The van der Waals surface area contributed by atoms with Crippen LogP contribution in [0.3, 0.4) is 0 Å². The third kappa shape index (κ3) is 37.0. The molecule has 4 heterocycles. The van der Waals surface area contributed by atoms with Gasteiger partial charge in [0.15, 0.2) is 0 Å². The number of unbranched alkanes of at least 4 members (excludes halogenated alkanes) is 3. The van der Waals surface area contributed by atoms with Crippen molar-refractivity contribution in [3.05, 3.63) is 120 Å². The van der Waals surface area contributed by atoms with Crippen molar-refractivity contribution in [1.82, 2.24) is 99.3 Å². The predicted octanol–water partition coefficient (Wildman–Crippen LogP) is -5.70. The highest BCUT2D eigenvalue weighted by molar-refractivity contribution is 6.03. The van der Waals surface area contributed by atoms with Gasteiger partial charge in [0.05, 0.1) is 51.3 Å². The standard InChI is InChI=1S/C94H134N24O27/c1-5-49(4)78(117-79(129)57(98)38-75(123)124)92(142)113-66(36-52-43-102-59-20-9-7-18-56(52)59)86(136)109-65(35-51-42-101-58-19-8-6-17-55(51)58)85(135)111-69(41-77(127)128)89(139)112-68(40-76(125)126)88(138)106-60(21-10-13-29-95)80(130)104-61(22-11-14-30-96)81(131)110-67(37-53-44-100-47-103-53)87(137)108-64(34-50-25-27-54(121)28-26-50)84(134)114-70(39-74(99)122)93(143)118-32-16-24-73(118)91(141)115-71(45-119)90(140)107-63(33-48(2)3)83(133)105-62(23-12-15-31-97)82(132)116-72(46-120)94(144)145/h6-9,17-20,25-28,42-44,47-49,57,60-73,78,101-102,119-121H,5,10-16,21-24,29-41,45-46,95-98H2,1-4H3,(H2,99,122)(H,100,103)(H,104,130)(H,105,133)(H,106,138)(H,107,140)(H,108,137)(H,109,136)(H,110,131)(H,111,135)(H,112,139)(H,113,142)(H,114,134)(H,115,141)(H,116,132)(H,117,129)(H,123,124)(H,125,126)(H,127,128)(H,144,145)/t49-,57-,60-,61-,62-,63-,64-,65-,66-,67-,68-,69-,70-,71-,72-,73-,78-/m0/s1. The van der Waals surface area contributed by atoms with Crippen molar-refractivity contribution in [2.45, 2.75) is 259 Å². The zero-order valence-electron chi connectivity index (χ0n) is 80.8. The molecule has 145 heavy (non-hydrogen) atoms. The number of likely N-dealkylation sites (tertiary alicyclic amines) is 1. The van der Waals surface area contributed by atoms with Gasteiger partial charge in [0.25, 0.3) is 0 Å². The first-order chi connectivity index (χ1) is 69.0. The number of aliphatic hydroxyl groups is 2. The largest absolute Gasteiger partial charge is 0.508 e. The van der Waals surface area contributed by atoms with E-state index in [2.05, 4.69) is 94.4 Å². The second-order valence-corrected chi connectivity index (χ2v) is 35.9. The number of aromatic amines is 3. The first kappa shape index (κ1) is 117. The number of phenolic OH excluding ortho intramolecular Hbond substituents is 1. The second-order valence-electron chi connectivity index (χ2n) is 35.9. The third-order valence-electron chi connectivity index (χ3n) is 24.2. The maximum Gasteiger partial charge on any atom is 0.328 e. The fraction of sp³-hybridized carbons (Fsp3) is 0.521. The molecule has 1 aliphatic heterocycles. The molecule has 6 aromatic rings. The van der Waals surface area contributed by atoms with Crippen LogP contribution < -0.4 is 103 Å². The molecule has 34 N–H and O–H groups in total. The molecule has 7 rings (SSSR count). The number of aromatic hydroxyl groups is 1. The predicted molar refractivity (Wildman–Crippen MR) is 518 cm³/mol. The van der Waals surface area contributed by atoms with E-state index in [0.717, 1.165) is 4.90 Å². The first-order valence-corrected chi connectivity index (χ1v) is 47.7. The van der Waals surface area contributed by atoms with Gasteiger partial charge in [0.1, 0.15) is 96.4 Å².